The molecule has 11 heteroatoms. The van der Waals surface area contributed by atoms with Gasteiger partial charge in [-0.25, -0.2) is 9.78 Å². The predicted octanol–water partition coefficient (Wildman–Crippen LogP) is 5.46. The molecule has 0 radical (unpaired) electrons. The summed E-state index contributed by atoms with van der Waals surface area (Å²) in [7, 11) is 1.68. The van der Waals surface area contributed by atoms with Gasteiger partial charge in [0.1, 0.15) is 17.8 Å². The van der Waals surface area contributed by atoms with Gasteiger partial charge in [-0.1, -0.05) is 6.07 Å². The second-order valence-electron chi connectivity index (χ2n) is 11.5. The number of aryl methyl sites for hydroxylation is 1. The molecule has 1 fully saturated rings. The van der Waals surface area contributed by atoms with Crippen LogP contribution in [0.4, 0.5) is 18.0 Å². The van der Waals surface area contributed by atoms with Gasteiger partial charge in [0.25, 0.3) is 0 Å². The Kier molecular flexibility index (Phi) is 8.82. The van der Waals surface area contributed by atoms with Crippen molar-refractivity contribution in [3.8, 4) is 5.88 Å². The van der Waals surface area contributed by atoms with Gasteiger partial charge in [0.05, 0.1) is 5.41 Å². The van der Waals surface area contributed by atoms with E-state index in [1.165, 1.54) is 12.3 Å². The Morgan fingerprint density at radius 2 is 1.72 bits per heavy atom. The first-order valence-electron chi connectivity index (χ1n) is 12.8. The molecule has 0 bridgehead atoms. The Balaban J connectivity index is 1.82. The molecule has 39 heavy (non-hydrogen) atoms. The average molecular weight is 551 g/mol. The topological polar surface area (TPSA) is 84.9 Å². The van der Waals surface area contributed by atoms with Crippen LogP contribution in [0.5, 0.6) is 5.88 Å². The van der Waals surface area contributed by atoms with Crippen molar-refractivity contribution in [3.05, 3.63) is 53.5 Å². The van der Waals surface area contributed by atoms with Gasteiger partial charge in [-0.3, -0.25) is 9.78 Å². The zero-order chi connectivity index (χ0) is 29.2. The SMILES string of the molecule is Cc1ncccc1C1CN(C(=O)OC(C)(C)C)CCC1N(C)C(=O)C(C)(C)COc1ncccc1C(F)(F)F. The van der Waals surface area contributed by atoms with Crippen LogP contribution in [-0.2, 0) is 15.7 Å². The molecule has 0 aromatic carbocycles. The summed E-state index contributed by atoms with van der Waals surface area (Å²) < 4.78 is 51.2. The second-order valence-corrected chi connectivity index (χ2v) is 11.5. The van der Waals surface area contributed by atoms with E-state index < -0.39 is 34.7 Å². The van der Waals surface area contributed by atoms with Crippen LogP contribution in [0.15, 0.2) is 36.7 Å². The largest absolute Gasteiger partial charge is 0.476 e. The lowest BCUT2D eigenvalue weighted by Gasteiger charge is -2.44. The Hall–Kier alpha value is -3.37. The van der Waals surface area contributed by atoms with Gasteiger partial charge in [0.15, 0.2) is 0 Å². The summed E-state index contributed by atoms with van der Waals surface area (Å²) in [6.45, 7) is 11.0. The molecule has 0 aliphatic carbocycles. The normalized spacial score (nSPS) is 18.5. The number of likely N-dealkylation sites (N-methyl/N-ethyl adjacent to an activating group) is 1. The number of piperidine rings is 1. The standard InChI is InChI=1S/C28H37F3N4O4/c1-18-19(10-8-13-32-18)20-16-35(25(37)39-26(2,3)4)15-12-22(20)34(7)24(36)27(5,6)17-38-23-21(28(29,30)31)11-9-14-33-23/h8-11,13-14,20,22H,12,15-17H2,1-7H3. The van der Waals surface area contributed by atoms with Crippen LogP contribution in [-0.4, -0.2) is 70.2 Å². The minimum absolute atomic E-state index is 0.252. The lowest BCUT2D eigenvalue weighted by atomic mass is 9.83. The lowest BCUT2D eigenvalue weighted by molar-refractivity contribution is -0.144. The first-order valence-corrected chi connectivity index (χ1v) is 12.8. The van der Waals surface area contributed by atoms with Crippen molar-refractivity contribution in [3.63, 3.8) is 0 Å². The molecule has 2 aromatic heterocycles. The number of hydrogen-bond acceptors (Lipinski definition) is 6. The number of pyridine rings is 2. The predicted molar refractivity (Wildman–Crippen MR) is 139 cm³/mol. The Morgan fingerprint density at radius 1 is 1.08 bits per heavy atom. The zero-order valence-electron chi connectivity index (χ0n) is 23.5. The molecule has 0 N–H and O–H groups in total. The molecule has 2 atom stereocenters. The molecule has 3 rings (SSSR count). The summed E-state index contributed by atoms with van der Waals surface area (Å²) in [5, 5.41) is 0. The number of likely N-dealkylation sites (tertiary alicyclic amines) is 1. The van der Waals surface area contributed by atoms with Gasteiger partial charge in [-0.2, -0.15) is 13.2 Å². The fraction of sp³-hybridized carbons (Fsp3) is 0.571. The molecule has 0 spiro atoms. The minimum atomic E-state index is -4.63. The highest BCUT2D eigenvalue weighted by molar-refractivity contribution is 5.82. The maximum absolute atomic E-state index is 13.7. The molecule has 214 valence electrons. The van der Waals surface area contributed by atoms with Crippen molar-refractivity contribution in [1.82, 2.24) is 19.8 Å². The van der Waals surface area contributed by atoms with Gasteiger partial charge in [-0.15, -0.1) is 0 Å². The van der Waals surface area contributed by atoms with E-state index in [-0.39, 0.29) is 24.5 Å². The summed E-state index contributed by atoms with van der Waals surface area (Å²) in [5.41, 5.74) is -1.11. The monoisotopic (exact) mass is 550 g/mol. The Morgan fingerprint density at radius 3 is 2.33 bits per heavy atom. The van der Waals surface area contributed by atoms with Crippen molar-refractivity contribution in [2.24, 2.45) is 5.41 Å². The number of amides is 2. The van der Waals surface area contributed by atoms with Crippen molar-refractivity contribution >= 4 is 12.0 Å². The maximum atomic E-state index is 13.7. The van der Waals surface area contributed by atoms with E-state index >= 15 is 0 Å². The van der Waals surface area contributed by atoms with E-state index in [1.807, 2.05) is 19.1 Å². The van der Waals surface area contributed by atoms with Crippen molar-refractivity contribution in [1.29, 1.82) is 0 Å². The first kappa shape index (κ1) is 30.2. The molecule has 8 nitrogen and oxygen atoms in total. The Bertz CT molecular complexity index is 1180. The first-order chi connectivity index (χ1) is 18.0. The van der Waals surface area contributed by atoms with Crippen molar-refractivity contribution in [2.75, 3.05) is 26.7 Å². The number of carbonyl (C=O) groups is 2. The van der Waals surface area contributed by atoms with E-state index in [2.05, 4.69) is 9.97 Å². The number of ether oxygens (including phenoxy) is 2. The molecule has 1 aliphatic rings. The van der Waals surface area contributed by atoms with Crippen LogP contribution >= 0.6 is 0 Å². The number of alkyl halides is 3. The fourth-order valence-corrected chi connectivity index (χ4v) is 4.75. The Labute approximate surface area is 227 Å². The number of carbonyl (C=O) groups excluding carboxylic acids is 2. The minimum Gasteiger partial charge on any atom is -0.476 e. The van der Waals surface area contributed by atoms with Gasteiger partial charge < -0.3 is 19.3 Å². The van der Waals surface area contributed by atoms with Gasteiger partial charge in [-0.05, 0) is 71.7 Å². The zero-order valence-corrected chi connectivity index (χ0v) is 23.5. The molecule has 1 aliphatic heterocycles. The van der Waals surface area contributed by atoms with Crippen LogP contribution in [0.3, 0.4) is 0 Å². The number of rotatable bonds is 6. The number of aromatic nitrogens is 2. The van der Waals surface area contributed by atoms with E-state index in [1.54, 1.807) is 57.7 Å². The summed E-state index contributed by atoms with van der Waals surface area (Å²) in [5.74, 6) is -1.12. The van der Waals surface area contributed by atoms with Crippen LogP contribution in [0.25, 0.3) is 0 Å². The third kappa shape index (κ3) is 7.39. The molecular weight excluding hydrogens is 513 g/mol. The van der Waals surface area contributed by atoms with E-state index in [4.69, 9.17) is 9.47 Å². The lowest BCUT2D eigenvalue weighted by Crippen LogP contribution is -2.55. The van der Waals surface area contributed by atoms with E-state index in [0.29, 0.717) is 19.5 Å². The van der Waals surface area contributed by atoms with Crippen LogP contribution in [0.1, 0.15) is 63.8 Å². The molecule has 0 saturated carbocycles. The van der Waals surface area contributed by atoms with Crippen LogP contribution in [0.2, 0.25) is 0 Å². The highest BCUT2D eigenvalue weighted by atomic mass is 19.4. The maximum Gasteiger partial charge on any atom is 0.421 e. The van der Waals surface area contributed by atoms with Crippen molar-refractivity contribution < 1.29 is 32.2 Å². The summed E-state index contributed by atoms with van der Waals surface area (Å²) in [6.07, 6.45) is -1.68. The summed E-state index contributed by atoms with van der Waals surface area (Å²) in [4.78, 5) is 38.0. The summed E-state index contributed by atoms with van der Waals surface area (Å²) in [6, 6.07) is 5.53. The van der Waals surface area contributed by atoms with E-state index in [9.17, 15) is 22.8 Å². The third-order valence-corrected chi connectivity index (χ3v) is 6.72. The molecule has 2 aromatic rings. The average Bonchev–Trinajstić information content (AvgIpc) is 2.85. The molecule has 2 amide bonds. The molecule has 1 saturated heterocycles. The van der Waals surface area contributed by atoms with Crippen LogP contribution in [0, 0.1) is 12.3 Å². The van der Waals surface area contributed by atoms with Gasteiger partial charge in [0.2, 0.25) is 11.8 Å². The second kappa shape index (κ2) is 11.4. The van der Waals surface area contributed by atoms with Gasteiger partial charge in [0, 0.05) is 50.2 Å². The summed E-state index contributed by atoms with van der Waals surface area (Å²) >= 11 is 0. The highest BCUT2D eigenvalue weighted by Gasteiger charge is 2.42. The van der Waals surface area contributed by atoms with Crippen molar-refractivity contribution in [2.45, 2.75) is 71.7 Å². The number of nitrogens with zero attached hydrogens (tertiary/aromatic N) is 4. The van der Waals surface area contributed by atoms with E-state index in [0.717, 1.165) is 17.3 Å². The highest BCUT2D eigenvalue weighted by Crippen LogP contribution is 2.37. The number of halogens is 3. The quantitative estimate of drug-likeness (QED) is 0.475. The molecule has 3 heterocycles. The smallest absolute Gasteiger partial charge is 0.421 e. The molecule has 2 unspecified atom stereocenters. The van der Waals surface area contributed by atoms with Crippen LogP contribution < -0.4 is 4.74 Å². The molecular formula is C28H37F3N4O4. The third-order valence-electron chi connectivity index (χ3n) is 6.72. The van der Waals surface area contributed by atoms with Gasteiger partial charge >= 0.3 is 12.3 Å². The number of hydrogen-bond donors (Lipinski definition) is 0. The fourth-order valence-electron chi connectivity index (χ4n) is 4.75.